The van der Waals surface area contributed by atoms with Gasteiger partial charge >= 0.3 is 0 Å². The molecular weight excluding hydrogens is 272 g/mol. The summed E-state index contributed by atoms with van der Waals surface area (Å²) in [5.74, 6) is 6.10. The van der Waals surface area contributed by atoms with E-state index >= 15 is 0 Å². The molecule has 4 aromatic heterocycles. The molecule has 104 valence electrons. The Kier molecular flexibility index (Phi) is 2.95. The van der Waals surface area contributed by atoms with Crippen molar-refractivity contribution in [2.24, 2.45) is 0 Å². The lowest BCUT2D eigenvalue weighted by molar-refractivity contribution is 1.25. The number of hydrogen-bond donors (Lipinski definition) is 2. The molecule has 0 aliphatic carbocycles. The van der Waals surface area contributed by atoms with E-state index in [1.165, 1.54) is 0 Å². The van der Waals surface area contributed by atoms with Crippen LogP contribution in [0.3, 0.4) is 0 Å². The first kappa shape index (κ1) is 12.4. The van der Waals surface area contributed by atoms with Crippen molar-refractivity contribution in [1.29, 1.82) is 0 Å². The molecule has 0 bridgehead atoms. The van der Waals surface area contributed by atoms with Crippen molar-refractivity contribution in [1.82, 2.24) is 19.9 Å². The number of rotatable bonds is 1. The molecule has 4 rings (SSSR count). The van der Waals surface area contributed by atoms with E-state index in [0.717, 1.165) is 22.5 Å². The van der Waals surface area contributed by atoms with Gasteiger partial charge in [-0.15, -0.1) is 0 Å². The summed E-state index contributed by atoms with van der Waals surface area (Å²) in [4.78, 5) is 15.3. The zero-order valence-electron chi connectivity index (χ0n) is 11.7. The highest BCUT2D eigenvalue weighted by Crippen LogP contribution is 2.18. The zero-order valence-corrected chi connectivity index (χ0v) is 11.7. The fraction of sp³-hybridized carbons (Fsp3) is 0. The van der Waals surface area contributed by atoms with E-state index in [0.29, 0.717) is 11.3 Å². The van der Waals surface area contributed by atoms with Gasteiger partial charge in [-0.2, -0.15) is 0 Å². The average Bonchev–Trinajstić information content (AvgIpc) is 3.25. The van der Waals surface area contributed by atoms with E-state index < -0.39 is 0 Å². The van der Waals surface area contributed by atoms with Crippen LogP contribution in [0.5, 0.6) is 0 Å². The Balaban J connectivity index is 1.76. The van der Waals surface area contributed by atoms with E-state index in [2.05, 4.69) is 31.8 Å². The first-order chi connectivity index (χ1) is 10.9. The van der Waals surface area contributed by atoms with Crippen LogP contribution < -0.4 is 0 Å². The van der Waals surface area contributed by atoms with Gasteiger partial charge in [-0.25, -0.2) is 9.97 Å². The standard InChI is InChI=1S/C18H12N4/c1-3-14(19-11-1)8-9-15-7-5-13-6-10-17(22-18(13)21-15)16-4-2-12-20-16/h1-7,10-12,19-20H. The molecule has 0 fully saturated rings. The average molecular weight is 284 g/mol. The topological polar surface area (TPSA) is 57.4 Å². The molecule has 0 saturated heterocycles. The molecule has 0 atom stereocenters. The fourth-order valence-corrected chi connectivity index (χ4v) is 2.25. The number of nitrogens with one attached hydrogen (secondary N) is 2. The Hall–Kier alpha value is -3.32. The molecule has 4 heteroatoms. The Morgan fingerprint density at radius 1 is 0.773 bits per heavy atom. The summed E-state index contributed by atoms with van der Waals surface area (Å²) < 4.78 is 0. The van der Waals surface area contributed by atoms with Crippen LogP contribution in [-0.2, 0) is 0 Å². The molecule has 0 spiro atoms. The Labute approximate surface area is 127 Å². The number of aromatic amines is 2. The number of aromatic nitrogens is 4. The number of hydrogen-bond acceptors (Lipinski definition) is 2. The smallest absolute Gasteiger partial charge is 0.161 e. The van der Waals surface area contributed by atoms with E-state index in [-0.39, 0.29) is 0 Å². The summed E-state index contributed by atoms with van der Waals surface area (Å²) in [6.07, 6.45) is 3.73. The van der Waals surface area contributed by atoms with Gasteiger partial charge in [0.1, 0.15) is 5.69 Å². The second-order valence-electron chi connectivity index (χ2n) is 4.86. The van der Waals surface area contributed by atoms with Crippen molar-refractivity contribution in [3.05, 3.63) is 72.3 Å². The number of H-pyrrole nitrogens is 2. The van der Waals surface area contributed by atoms with Crippen molar-refractivity contribution in [2.45, 2.75) is 0 Å². The van der Waals surface area contributed by atoms with E-state index in [9.17, 15) is 0 Å². The van der Waals surface area contributed by atoms with E-state index in [1.54, 1.807) is 0 Å². The van der Waals surface area contributed by atoms with Gasteiger partial charge in [-0.05, 0) is 60.4 Å². The highest BCUT2D eigenvalue weighted by Gasteiger charge is 2.03. The lowest BCUT2D eigenvalue weighted by atomic mass is 10.2. The van der Waals surface area contributed by atoms with E-state index in [4.69, 9.17) is 0 Å². The highest BCUT2D eigenvalue weighted by molar-refractivity contribution is 5.78. The van der Waals surface area contributed by atoms with E-state index in [1.807, 2.05) is 60.9 Å². The molecule has 0 saturated carbocycles. The molecule has 0 aliphatic heterocycles. The SMILES string of the molecule is C(#Cc1ccc[nH]1)c1ccc2ccc(-c3ccc[nH]3)nc2n1. The lowest BCUT2D eigenvalue weighted by Crippen LogP contribution is -1.90. The summed E-state index contributed by atoms with van der Waals surface area (Å²) in [6.45, 7) is 0. The predicted octanol–water partition coefficient (Wildman–Crippen LogP) is 3.35. The largest absolute Gasteiger partial charge is 0.360 e. The maximum atomic E-state index is 4.61. The van der Waals surface area contributed by atoms with Crippen LogP contribution in [0.15, 0.2) is 60.9 Å². The molecular formula is C18H12N4. The van der Waals surface area contributed by atoms with Gasteiger partial charge < -0.3 is 9.97 Å². The fourth-order valence-electron chi connectivity index (χ4n) is 2.25. The van der Waals surface area contributed by atoms with Crippen molar-refractivity contribution in [2.75, 3.05) is 0 Å². The van der Waals surface area contributed by atoms with Crippen LogP contribution >= 0.6 is 0 Å². The first-order valence-electron chi connectivity index (χ1n) is 6.95. The van der Waals surface area contributed by atoms with Gasteiger partial charge in [0.15, 0.2) is 5.65 Å². The normalized spacial score (nSPS) is 10.4. The Morgan fingerprint density at radius 2 is 1.64 bits per heavy atom. The maximum absolute atomic E-state index is 4.61. The summed E-state index contributed by atoms with van der Waals surface area (Å²) in [7, 11) is 0. The quantitative estimate of drug-likeness (QED) is 0.527. The molecule has 0 aliphatic rings. The third kappa shape index (κ3) is 2.36. The zero-order chi connectivity index (χ0) is 14.8. The van der Waals surface area contributed by atoms with Crippen LogP contribution in [0.2, 0.25) is 0 Å². The van der Waals surface area contributed by atoms with Gasteiger partial charge in [-0.1, -0.05) is 0 Å². The monoisotopic (exact) mass is 284 g/mol. The van der Waals surface area contributed by atoms with Gasteiger partial charge in [0, 0.05) is 17.8 Å². The third-order valence-corrected chi connectivity index (χ3v) is 3.35. The molecule has 4 aromatic rings. The highest BCUT2D eigenvalue weighted by atomic mass is 14.9. The molecule has 2 N–H and O–H groups in total. The van der Waals surface area contributed by atoms with Gasteiger partial charge in [0.2, 0.25) is 0 Å². The Bertz CT molecular complexity index is 971. The van der Waals surface area contributed by atoms with Gasteiger partial charge in [-0.3, -0.25) is 0 Å². The second kappa shape index (κ2) is 5.23. The second-order valence-corrected chi connectivity index (χ2v) is 4.86. The number of pyridine rings is 2. The number of nitrogens with zero attached hydrogens (tertiary/aromatic N) is 2. The molecule has 0 amide bonds. The molecule has 0 radical (unpaired) electrons. The maximum Gasteiger partial charge on any atom is 0.161 e. The minimum absolute atomic E-state index is 0.699. The summed E-state index contributed by atoms with van der Waals surface area (Å²) in [5.41, 5.74) is 4.13. The van der Waals surface area contributed by atoms with Crippen LogP contribution in [0, 0.1) is 11.8 Å². The summed E-state index contributed by atoms with van der Waals surface area (Å²) in [6, 6.07) is 15.7. The van der Waals surface area contributed by atoms with Crippen molar-refractivity contribution >= 4 is 11.0 Å². The van der Waals surface area contributed by atoms with Crippen molar-refractivity contribution in [3.8, 4) is 23.2 Å². The predicted molar refractivity (Wildman–Crippen MR) is 86.1 cm³/mol. The molecule has 22 heavy (non-hydrogen) atoms. The van der Waals surface area contributed by atoms with Gasteiger partial charge in [0.25, 0.3) is 0 Å². The summed E-state index contributed by atoms with van der Waals surface area (Å²) in [5, 5.41) is 1.00. The molecule has 4 heterocycles. The van der Waals surface area contributed by atoms with Gasteiger partial charge in [0.05, 0.1) is 17.1 Å². The molecule has 0 aromatic carbocycles. The number of fused-ring (bicyclic) bond motifs is 1. The molecule has 0 unspecified atom stereocenters. The van der Waals surface area contributed by atoms with Crippen molar-refractivity contribution < 1.29 is 0 Å². The lowest BCUT2D eigenvalue weighted by Gasteiger charge is -2.01. The molecule has 4 nitrogen and oxygen atoms in total. The first-order valence-corrected chi connectivity index (χ1v) is 6.95. The van der Waals surface area contributed by atoms with Crippen LogP contribution in [-0.4, -0.2) is 19.9 Å². The van der Waals surface area contributed by atoms with Crippen LogP contribution in [0.4, 0.5) is 0 Å². The summed E-state index contributed by atoms with van der Waals surface area (Å²) >= 11 is 0. The van der Waals surface area contributed by atoms with Crippen LogP contribution in [0.1, 0.15) is 11.4 Å². The van der Waals surface area contributed by atoms with Crippen molar-refractivity contribution in [3.63, 3.8) is 0 Å². The van der Waals surface area contributed by atoms with Crippen LogP contribution in [0.25, 0.3) is 22.4 Å². The minimum Gasteiger partial charge on any atom is -0.360 e. The third-order valence-electron chi connectivity index (χ3n) is 3.35. The minimum atomic E-state index is 0.699. The Morgan fingerprint density at radius 3 is 2.45 bits per heavy atom.